The molecule has 1 amide bonds. The molecule has 9 heteroatoms. The first-order valence-corrected chi connectivity index (χ1v) is 10.5. The van der Waals surface area contributed by atoms with Gasteiger partial charge in [0.1, 0.15) is 5.76 Å². The van der Waals surface area contributed by atoms with Gasteiger partial charge >= 0.3 is 0 Å². The van der Waals surface area contributed by atoms with Crippen LogP contribution in [0.5, 0.6) is 0 Å². The van der Waals surface area contributed by atoms with Crippen LogP contribution in [0.4, 0.5) is 0 Å². The summed E-state index contributed by atoms with van der Waals surface area (Å²) in [5.74, 6) is 2.15. The molecule has 1 aromatic heterocycles. The second-order valence-electron chi connectivity index (χ2n) is 5.91. The van der Waals surface area contributed by atoms with Crippen molar-refractivity contribution >= 4 is 27.9 Å². The van der Waals surface area contributed by atoms with Crippen LogP contribution in [0.3, 0.4) is 0 Å². The third kappa shape index (κ3) is 5.23. The zero-order valence-electron chi connectivity index (χ0n) is 14.1. The highest BCUT2D eigenvalue weighted by Gasteiger charge is 2.33. The molecule has 24 heavy (non-hydrogen) atoms. The Kier molecular flexibility index (Phi) is 7.15. The number of amides is 1. The van der Waals surface area contributed by atoms with Crippen LogP contribution in [0.1, 0.15) is 18.6 Å². The molecule has 1 atom stereocenters. The summed E-state index contributed by atoms with van der Waals surface area (Å²) < 4.78 is 32.2. The Hall–Kier alpha value is -1.03. The number of nitrogens with one attached hydrogen (secondary N) is 1. The van der Waals surface area contributed by atoms with Crippen molar-refractivity contribution in [3.05, 3.63) is 24.2 Å². The maximum atomic E-state index is 12.3. The minimum Gasteiger partial charge on any atom is -0.468 e. The number of hydrogen-bond donors (Lipinski definition) is 1. The van der Waals surface area contributed by atoms with E-state index in [1.807, 2.05) is 12.1 Å². The number of rotatable bonds is 8. The van der Waals surface area contributed by atoms with Crippen molar-refractivity contribution in [2.75, 3.05) is 39.5 Å². The molecule has 0 saturated carbocycles. The number of piperidine rings is 1. The van der Waals surface area contributed by atoms with Gasteiger partial charge in [0.2, 0.25) is 5.91 Å². The second kappa shape index (κ2) is 8.89. The summed E-state index contributed by atoms with van der Waals surface area (Å²) in [5, 5.41) is 2.91. The van der Waals surface area contributed by atoms with E-state index >= 15 is 0 Å². The summed E-state index contributed by atoms with van der Waals surface area (Å²) in [5.41, 5.74) is 0. The Morgan fingerprint density at radius 2 is 2.29 bits per heavy atom. The maximum absolute atomic E-state index is 12.3. The molecule has 7 nitrogen and oxygen atoms in total. The van der Waals surface area contributed by atoms with Gasteiger partial charge in [-0.05, 0) is 25.0 Å². The average Bonchev–Trinajstić information content (AvgIpc) is 3.07. The monoisotopic (exact) mass is 375 g/mol. The van der Waals surface area contributed by atoms with E-state index in [1.165, 1.54) is 22.7 Å². The molecular weight excluding hydrogens is 350 g/mol. The highest BCUT2D eigenvalue weighted by molar-refractivity contribution is 7.98. The molecule has 0 radical (unpaired) electrons. The van der Waals surface area contributed by atoms with Crippen LogP contribution in [0.15, 0.2) is 22.8 Å². The molecule has 0 spiro atoms. The van der Waals surface area contributed by atoms with Crippen LogP contribution in [-0.2, 0) is 20.8 Å². The predicted octanol–water partition coefficient (Wildman–Crippen LogP) is 1.15. The first-order chi connectivity index (χ1) is 11.4. The molecular formula is C15H25N3O4S2. The Morgan fingerprint density at radius 3 is 2.96 bits per heavy atom. The largest absolute Gasteiger partial charge is 0.468 e. The normalized spacial score (nSPS) is 19.5. The van der Waals surface area contributed by atoms with Crippen LogP contribution in [0.25, 0.3) is 0 Å². The van der Waals surface area contributed by atoms with Crippen LogP contribution < -0.4 is 5.32 Å². The van der Waals surface area contributed by atoms with Crippen LogP contribution in [-0.4, -0.2) is 62.4 Å². The first kappa shape index (κ1) is 19.3. The summed E-state index contributed by atoms with van der Waals surface area (Å²) in [6.07, 6.45) is 3.08. The molecule has 1 aliphatic rings. The van der Waals surface area contributed by atoms with Gasteiger partial charge < -0.3 is 9.73 Å². The lowest BCUT2D eigenvalue weighted by molar-refractivity contribution is -0.125. The molecule has 1 fully saturated rings. The maximum Gasteiger partial charge on any atom is 0.281 e. The van der Waals surface area contributed by atoms with Crippen molar-refractivity contribution in [1.29, 1.82) is 0 Å². The third-order valence-corrected chi connectivity index (χ3v) is 6.80. The van der Waals surface area contributed by atoms with Crippen LogP contribution in [0.2, 0.25) is 0 Å². The van der Waals surface area contributed by atoms with Crippen LogP contribution in [0, 0.1) is 5.92 Å². The number of carbonyl (C=O) groups excluding carboxylic acids is 1. The van der Waals surface area contributed by atoms with Crippen molar-refractivity contribution in [3.8, 4) is 0 Å². The number of nitrogens with zero attached hydrogens (tertiary/aromatic N) is 2. The van der Waals surface area contributed by atoms with Gasteiger partial charge in [-0.3, -0.25) is 4.79 Å². The van der Waals surface area contributed by atoms with E-state index in [1.54, 1.807) is 18.0 Å². The summed E-state index contributed by atoms with van der Waals surface area (Å²) in [6, 6.07) is 3.78. The van der Waals surface area contributed by atoms with E-state index in [-0.39, 0.29) is 18.4 Å². The fourth-order valence-corrected chi connectivity index (χ4v) is 4.50. The van der Waals surface area contributed by atoms with Gasteiger partial charge in [0.15, 0.2) is 0 Å². The topological polar surface area (TPSA) is 82.9 Å². The zero-order chi connectivity index (χ0) is 17.6. The Labute approximate surface area is 147 Å². The van der Waals surface area contributed by atoms with E-state index in [4.69, 9.17) is 4.42 Å². The van der Waals surface area contributed by atoms with E-state index in [0.29, 0.717) is 19.5 Å². The van der Waals surface area contributed by atoms with E-state index in [0.717, 1.165) is 23.7 Å². The summed E-state index contributed by atoms with van der Waals surface area (Å²) >= 11 is 1.69. The molecule has 0 aromatic carbocycles. The molecule has 1 saturated heterocycles. The molecule has 1 N–H and O–H groups in total. The lowest BCUT2D eigenvalue weighted by atomic mass is 9.99. The molecule has 1 aromatic rings. The van der Waals surface area contributed by atoms with Gasteiger partial charge in [0.05, 0.1) is 17.9 Å². The van der Waals surface area contributed by atoms with Gasteiger partial charge in [-0.2, -0.15) is 28.8 Å². The number of hydrogen-bond acceptors (Lipinski definition) is 5. The minimum absolute atomic E-state index is 0.0627. The number of carbonyl (C=O) groups is 1. The zero-order valence-corrected chi connectivity index (χ0v) is 15.7. The minimum atomic E-state index is -3.45. The SMILES string of the molecule is CN(C)S(=O)(=O)N1CCC[C@H](C(=O)NCCSCc2ccco2)C1. The smallest absolute Gasteiger partial charge is 0.281 e. The molecule has 0 unspecified atom stereocenters. The number of furan rings is 1. The van der Waals surface area contributed by atoms with E-state index in [9.17, 15) is 13.2 Å². The van der Waals surface area contributed by atoms with E-state index in [2.05, 4.69) is 5.32 Å². The van der Waals surface area contributed by atoms with E-state index < -0.39 is 10.2 Å². The first-order valence-electron chi connectivity index (χ1n) is 7.96. The van der Waals surface area contributed by atoms with Crippen molar-refractivity contribution < 1.29 is 17.6 Å². The number of thioether (sulfide) groups is 1. The van der Waals surface area contributed by atoms with Gasteiger partial charge in [-0.1, -0.05) is 0 Å². The third-order valence-electron chi connectivity index (χ3n) is 3.91. The van der Waals surface area contributed by atoms with Gasteiger partial charge in [0, 0.05) is 39.5 Å². The van der Waals surface area contributed by atoms with Crippen molar-refractivity contribution in [3.63, 3.8) is 0 Å². The fraction of sp³-hybridized carbons (Fsp3) is 0.667. The Bertz CT molecular complexity index is 617. The fourth-order valence-electron chi connectivity index (χ4n) is 2.56. The van der Waals surface area contributed by atoms with Crippen molar-refractivity contribution in [2.45, 2.75) is 18.6 Å². The summed E-state index contributed by atoms with van der Waals surface area (Å²) in [7, 11) is -0.430. The van der Waals surface area contributed by atoms with Crippen molar-refractivity contribution in [1.82, 2.24) is 13.9 Å². The molecule has 2 heterocycles. The molecule has 2 rings (SSSR count). The van der Waals surface area contributed by atoms with Crippen molar-refractivity contribution in [2.24, 2.45) is 5.92 Å². The molecule has 0 bridgehead atoms. The lowest BCUT2D eigenvalue weighted by Crippen LogP contribution is -2.49. The van der Waals surface area contributed by atoms with Gasteiger partial charge in [-0.15, -0.1) is 0 Å². The van der Waals surface area contributed by atoms with Gasteiger partial charge in [-0.25, -0.2) is 0 Å². The quantitative estimate of drug-likeness (QED) is 0.689. The molecule has 0 aliphatic carbocycles. The molecule has 1 aliphatic heterocycles. The second-order valence-corrected chi connectivity index (χ2v) is 9.16. The Morgan fingerprint density at radius 1 is 1.50 bits per heavy atom. The highest BCUT2D eigenvalue weighted by atomic mass is 32.2. The Balaban J connectivity index is 1.71. The highest BCUT2D eigenvalue weighted by Crippen LogP contribution is 2.20. The predicted molar refractivity (Wildman–Crippen MR) is 94.8 cm³/mol. The lowest BCUT2D eigenvalue weighted by Gasteiger charge is -2.32. The van der Waals surface area contributed by atoms with Gasteiger partial charge in [0.25, 0.3) is 10.2 Å². The summed E-state index contributed by atoms with van der Waals surface area (Å²) in [6.45, 7) is 1.30. The summed E-state index contributed by atoms with van der Waals surface area (Å²) in [4.78, 5) is 12.3. The standard InChI is InChI=1S/C15H25N3O4S2/c1-17(2)24(20,21)18-8-3-5-13(11-18)15(19)16-7-10-23-12-14-6-4-9-22-14/h4,6,9,13H,3,5,7-8,10-12H2,1-2H3,(H,16,19)/t13-/m0/s1. The molecule has 136 valence electrons. The average molecular weight is 376 g/mol. The van der Waals surface area contributed by atoms with Crippen LogP contribution >= 0.6 is 11.8 Å².